The van der Waals surface area contributed by atoms with Crippen LogP contribution in [0.5, 0.6) is 0 Å². The first-order chi connectivity index (χ1) is 13.1. The summed E-state index contributed by atoms with van der Waals surface area (Å²) in [4.78, 5) is 18.6. The number of benzene rings is 2. The Hall–Kier alpha value is -3.34. The third-order valence-corrected chi connectivity index (χ3v) is 4.22. The normalized spacial score (nSPS) is 10.3. The average Bonchev–Trinajstić information content (AvgIpc) is 2.69. The summed E-state index contributed by atoms with van der Waals surface area (Å²) in [6, 6.07) is 21.7. The Morgan fingerprint density at radius 2 is 1.70 bits per heavy atom. The molecule has 3 rings (SSSR count). The Bertz CT molecular complexity index is 894. The molecule has 27 heavy (non-hydrogen) atoms. The maximum absolute atomic E-state index is 12.4. The van der Waals surface area contributed by atoms with Gasteiger partial charge in [-0.2, -0.15) is 0 Å². The summed E-state index contributed by atoms with van der Waals surface area (Å²) in [6.45, 7) is 0.441. The molecule has 0 saturated heterocycles. The van der Waals surface area contributed by atoms with E-state index in [4.69, 9.17) is 0 Å². The Morgan fingerprint density at radius 1 is 0.963 bits per heavy atom. The van der Waals surface area contributed by atoms with E-state index < -0.39 is 0 Å². The Balaban J connectivity index is 1.62. The van der Waals surface area contributed by atoms with Crippen molar-refractivity contribution in [1.82, 2.24) is 10.3 Å². The van der Waals surface area contributed by atoms with Crippen molar-refractivity contribution < 1.29 is 4.79 Å². The van der Waals surface area contributed by atoms with E-state index in [1.165, 1.54) is 5.56 Å². The van der Waals surface area contributed by atoms with Gasteiger partial charge in [0.1, 0.15) is 5.82 Å². The second-order valence-corrected chi connectivity index (χ2v) is 6.54. The van der Waals surface area contributed by atoms with Crippen molar-refractivity contribution in [2.75, 3.05) is 24.3 Å². The van der Waals surface area contributed by atoms with Crippen molar-refractivity contribution in [3.8, 4) is 0 Å². The van der Waals surface area contributed by atoms with Crippen LogP contribution in [0.2, 0.25) is 0 Å². The molecule has 1 aromatic heterocycles. The van der Waals surface area contributed by atoms with Gasteiger partial charge < -0.3 is 15.5 Å². The average molecular weight is 360 g/mol. The summed E-state index contributed by atoms with van der Waals surface area (Å²) in [7, 11) is 3.88. The molecule has 2 amide bonds. The first-order valence-corrected chi connectivity index (χ1v) is 8.91. The number of hydrogen-bond acceptors (Lipinski definition) is 3. The van der Waals surface area contributed by atoms with E-state index in [2.05, 4.69) is 27.8 Å². The van der Waals surface area contributed by atoms with Gasteiger partial charge in [0.05, 0.1) is 0 Å². The molecule has 138 valence electrons. The molecule has 0 aliphatic heterocycles. The van der Waals surface area contributed by atoms with Crippen LogP contribution in [0.1, 0.15) is 16.7 Å². The number of carbonyl (C=O) groups excluding carboxylic acids is 1. The minimum Gasteiger partial charge on any atom is -0.363 e. The quantitative estimate of drug-likeness (QED) is 0.697. The van der Waals surface area contributed by atoms with E-state index >= 15 is 0 Å². The van der Waals surface area contributed by atoms with Crippen LogP contribution in [-0.2, 0) is 13.0 Å². The fraction of sp³-hybridized carbons (Fsp3) is 0.182. The van der Waals surface area contributed by atoms with Crippen LogP contribution < -0.4 is 15.5 Å². The highest BCUT2D eigenvalue weighted by Gasteiger charge is 2.07. The number of anilines is 2. The fourth-order valence-electron chi connectivity index (χ4n) is 2.78. The highest BCUT2D eigenvalue weighted by Crippen LogP contribution is 2.19. The predicted octanol–water partition coefficient (Wildman–Crippen LogP) is 4.06. The molecule has 2 N–H and O–H groups in total. The minimum absolute atomic E-state index is 0.223. The van der Waals surface area contributed by atoms with E-state index in [0.717, 1.165) is 29.1 Å². The highest BCUT2D eigenvalue weighted by atomic mass is 16.2. The van der Waals surface area contributed by atoms with Crippen molar-refractivity contribution in [2.24, 2.45) is 0 Å². The maximum Gasteiger partial charge on any atom is 0.319 e. The van der Waals surface area contributed by atoms with Crippen LogP contribution in [0.25, 0.3) is 0 Å². The Labute approximate surface area is 160 Å². The van der Waals surface area contributed by atoms with Crippen LogP contribution in [-0.4, -0.2) is 25.1 Å². The van der Waals surface area contributed by atoms with Gasteiger partial charge in [0.2, 0.25) is 0 Å². The number of aromatic nitrogens is 1. The van der Waals surface area contributed by atoms with Crippen LogP contribution >= 0.6 is 0 Å². The minimum atomic E-state index is -0.223. The van der Waals surface area contributed by atoms with Gasteiger partial charge in [-0.1, -0.05) is 48.5 Å². The predicted molar refractivity (Wildman–Crippen MR) is 110 cm³/mol. The number of carbonyl (C=O) groups is 1. The zero-order valence-electron chi connectivity index (χ0n) is 15.6. The number of pyridine rings is 1. The van der Waals surface area contributed by atoms with Gasteiger partial charge in [0, 0.05) is 32.5 Å². The lowest BCUT2D eigenvalue weighted by molar-refractivity contribution is 0.251. The lowest BCUT2D eigenvalue weighted by Gasteiger charge is -2.14. The molecule has 0 aliphatic carbocycles. The lowest BCUT2D eigenvalue weighted by Crippen LogP contribution is -2.28. The van der Waals surface area contributed by atoms with E-state index in [-0.39, 0.29) is 6.03 Å². The van der Waals surface area contributed by atoms with Crippen molar-refractivity contribution >= 4 is 17.5 Å². The first kappa shape index (κ1) is 18.5. The molecular weight excluding hydrogens is 336 g/mol. The third-order valence-electron chi connectivity index (χ3n) is 4.22. The molecule has 0 unspecified atom stereocenters. The van der Waals surface area contributed by atoms with Crippen LogP contribution in [0.3, 0.4) is 0 Å². The first-order valence-electron chi connectivity index (χ1n) is 8.91. The third kappa shape index (κ3) is 5.31. The Morgan fingerprint density at radius 3 is 2.48 bits per heavy atom. The van der Waals surface area contributed by atoms with Gasteiger partial charge in [-0.05, 0) is 41.3 Å². The van der Waals surface area contributed by atoms with Gasteiger partial charge in [-0.25, -0.2) is 9.78 Å². The Kier molecular flexibility index (Phi) is 6.05. The molecule has 0 radical (unpaired) electrons. The molecule has 0 fully saturated rings. The number of nitrogens with one attached hydrogen (secondary N) is 2. The molecule has 0 aliphatic rings. The summed E-state index contributed by atoms with van der Waals surface area (Å²) in [6.07, 6.45) is 2.52. The van der Waals surface area contributed by atoms with Crippen LogP contribution in [0.4, 0.5) is 16.3 Å². The molecule has 0 saturated carbocycles. The summed E-state index contributed by atoms with van der Waals surface area (Å²) in [5.41, 5.74) is 4.11. The molecule has 2 aromatic carbocycles. The monoisotopic (exact) mass is 360 g/mol. The number of urea groups is 1. The van der Waals surface area contributed by atoms with Gasteiger partial charge in [-0.15, -0.1) is 0 Å². The second kappa shape index (κ2) is 8.85. The molecule has 0 bridgehead atoms. The number of nitrogens with zero attached hydrogens (tertiary/aromatic N) is 2. The topological polar surface area (TPSA) is 57.3 Å². The number of rotatable bonds is 6. The SMILES string of the molecule is CN(C)c1cc(CNC(=O)Nc2ccccc2Cc2ccccc2)ccn1. The summed E-state index contributed by atoms with van der Waals surface area (Å²) in [5.74, 6) is 0.864. The standard InChI is InChI=1S/C22H24N4O/c1-26(2)21-15-18(12-13-23-21)16-24-22(27)25-20-11-7-6-10-19(20)14-17-8-4-3-5-9-17/h3-13,15H,14,16H2,1-2H3,(H2,24,25,27). The lowest BCUT2D eigenvalue weighted by atomic mass is 10.0. The van der Waals surface area contributed by atoms with E-state index in [9.17, 15) is 4.79 Å². The number of amides is 2. The zero-order chi connectivity index (χ0) is 19.1. The molecule has 5 nitrogen and oxygen atoms in total. The summed E-state index contributed by atoms with van der Waals surface area (Å²) >= 11 is 0. The molecule has 5 heteroatoms. The van der Waals surface area contributed by atoms with Crippen LogP contribution in [0, 0.1) is 0 Å². The van der Waals surface area contributed by atoms with Gasteiger partial charge >= 0.3 is 6.03 Å². The van der Waals surface area contributed by atoms with Crippen molar-refractivity contribution in [1.29, 1.82) is 0 Å². The zero-order valence-corrected chi connectivity index (χ0v) is 15.6. The largest absolute Gasteiger partial charge is 0.363 e. The number of para-hydroxylation sites is 1. The van der Waals surface area contributed by atoms with Gasteiger partial charge in [0.25, 0.3) is 0 Å². The maximum atomic E-state index is 12.4. The van der Waals surface area contributed by atoms with Crippen molar-refractivity contribution in [2.45, 2.75) is 13.0 Å². The molecule has 1 heterocycles. The van der Waals surface area contributed by atoms with Crippen molar-refractivity contribution in [3.05, 3.63) is 89.6 Å². The van der Waals surface area contributed by atoms with Crippen LogP contribution in [0.15, 0.2) is 72.9 Å². The second-order valence-electron chi connectivity index (χ2n) is 6.54. The fourth-order valence-corrected chi connectivity index (χ4v) is 2.78. The molecular formula is C22H24N4O. The molecule has 3 aromatic rings. The van der Waals surface area contributed by atoms with Crippen molar-refractivity contribution in [3.63, 3.8) is 0 Å². The van der Waals surface area contributed by atoms with E-state index in [1.54, 1.807) is 6.20 Å². The molecule has 0 spiro atoms. The summed E-state index contributed by atoms with van der Waals surface area (Å²) < 4.78 is 0. The van der Waals surface area contributed by atoms with Gasteiger partial charge in [-0.3, -0.25) is 0 Å². The summed E-state index contributed by atoms with van der Waals surface area (Å²) in [5, 5.41) is 5.87. The van der Waals surface area contributed by atoms with E-state index in [0.29, 0.717) is 6.54 Å². The van der Waals surface area contributed by atoms with E-state index in [1.807, 2.05) is 73.6 Å². The number of hydrogen-bond donors (Lipinski definition) is 2. The molecule has 0 atom stereocenters. The van der Waals surface area contributed by atoms with Gasteiger partial charge in [0.15, 0.2) is 0 Å². The highest BCUT2D eigenvalue weighted by molar-refractivity contribution is 5.90. The smallest absolute Gasteiger partial charge is 0.319 e.